The van der Waals surface area contributed by atoms with Crippen LogP contribution in [0.25, 0.3) is 0 Å². The van der Waals surface area contributed by atoms with Crippen molar-refractivity contribution in [1.29, 1.82) is 0 Å². The Morgan fingerprint density at radius 1 is 1.07 bits per heavy atom. The first-order valence-corrected chi connectivity index (χ1v) is 12.2. The first kappa shape index (κ1) is 21.2. The molecule has 0 N–H and O–H groups in total. The topological polar surface area (TPSA) is 59.4 Å². The van der Waals surface area contributed by atoms with Gasteiger partial charge in [-0.3, -0.25) is 4.99 Å². The second-order valence-corrected chi connectivity index (χ2v) is 11.6. The fraction of sp³-hybridized carbons (Fsp3) is 0.500. The highest BCUT2D eigenvalue weighted by atomic mass is 32.2. The van der Waals surface area contributed by atoms with Crippen molar-refractivity contribution in [2.45, 2.75) is 69.1 Å². The Bertz CT molecular complexity index is 1080. The third-order valence-corrected chi connectivity index (χ3v) is 8.13. The van der Waals surface area contributed by atoms with Crippen LogP contribution in [0.3, 0.4) is 0 Å². The van der Waals surface area contributed by atoms with Gasteiger partial charge in [0.1, 0.15) is 0 Å². The molecule has 4 nitrogen and oxygen atoms in total. The quantitative estimate of drug-likeness (QED) is 0.568. The molecule has 1 unspecified atom stereocenters. The van der Waals surface area contributed by atoms with E-state index in [9.17, 15) is 12.8 Å². The summed E-state index contributed by atoms with van der Waals surface area (Å²) in [5, 5.41) is 0. The summed E-state index contributed by atoms with van der Waals surface area (Å²) in [7, 11) is -3.84. The number of halogens is 1. The number of aryl methyl sites for hydroxylation is 1. The summed E-state index contributed by atoms with van der Waals surface area (Å²) in [5.74, 6) is 0.413. The highest BCUT2D eigenvalue weighted by molar-refractivity contribution is 7.91. The summed E-state index contributed by atoms with van der Waals surface area (Å²) >= 11 is 0. The average molecular weight is 429 g/mol. The van der Waals surface area contributed by atoms with Gasteiger partial charge in [0.25, 0.3) is 0 Å². The molecule has 1 aliphatic heterocycles. The van der Waals surface area contributed by atoms with Crippen molar-refractivity contribution in [3.8, 4) is 0 Å². The Morgan fingerprint density at radius 3 is 2.43 bits per heavy atom. The van der Waals surface area contributed by atoms with Crippen LogP contribution < -0.4 is 0 Å². The number of benzene rings is 1. The molecule has 0 spiro atoms. The minimum Gasteiger partial charge on any atom is -0.257 e. The second-order valence-electron chi connectivity index (χ2n) is 9.62. The molecule has 0 radical (unpaired) electrons. The van der Waals surface area contributed by atoms with E-state index in [2.05, 4.69) is 25.8 Å². The van der Waals surface area contributed by atoms with Crippen molar-refractivity contribution in [2.24, 2.45) is 22.2 Å². The molecular formula is C24H29FN2O2S. The first-order valence-electron chi connectivity index (χ1n) is 10.7. The van der Waals surface area contributed by atoms with E-state index in [0.29, 0.717) is 5.92 Å². The van der Waals surface area contributed by atoms with E-state index in [-0.39, 0.29) is 15.2 Å². The summed E-state index contributed by atoms with van der Waals surface area (Å²) in [5.41, 5.74) is 2.89. The predicted octanol–water partition coefficient (Wildman–Crippen LogP) is 5.92. The van der Waals surface area contributed by atoms with Gasteiger partial charge in [-0.1, -0.05) is 46.1 Å². The van der Waals surface area contributed by atoms with Crippen LogP contribution in [0, 0.1) is 23.2 Å². The van der Waals surface area contributed by atoms with Crippen LogP contribution in [0.2, 0.25) is 0 Å². The summed E-state index contributed by atoms with van der Waals surface area (Å²) < 4.78 is 39.6. The van der Waals surface area contributed by atoms with Gasteiger partial charge >= 0.3 is 0 Å². The Morgan fingerprint density at radius 2 is 1.80 bits per heavy atom. The maximum absolute atomic E-state index is 13.5. The molecule has 1 aromatic carbocycles. The van der Waals surface area contributed by atoms with Crippen molar-refractivity contribution in [3.05, 3.63) is 48.0 Å². The number of hydrogen-bond acceptors (Lipinski definition) is 4. The Balaban J connectivity index is 1.75. The van der Waals surface area contributed by atoms with Crippen molar-refractivity contribution in [1.82, 2.24) is 4.98 Å². The lowest BCUT2D eigenvalue weighted by molar-refractivity contribution is 0.265. The Labute approximate surface area is 178 Å². The molecule has 1 saturated carbocycles. The van der Waals surface area contributed by atoms with Crippen molar-refractivity contribution in [2.75, 3.05) is 0 Å². The molecule has 2 aliphatic rings. The van der Waals surface area contributed by atoms with Gasteiger partial charge in [-0.05, 0) is 54.9 Å². The number of pyridine rings is 1. The van der Waals surface area contributed by atoms with Crippen molar-refractivity contribution >= 4 is 21.2 Å². The smallest absolute Gasteiger partial charge is 0.214 e. The number of rotatable bonds is 4. The lowest BCUT2D eigenvalue weighted by Gasteiger charge is -2.34. The molecule has 1 aromatic heterocycles. The maximum Gasteiger partial charge on any atom is 0.214 e. The highest BCUT2D eigenvalue weighted by Gasteiger charge is 2.33. The van der Waals surface area contributed by atoms with Crippen molar-refractivity contribution in [3.63, 3.8) is 0 Å². The second kappa shape index (κ2) is 7.88. The van der Waals surface area contributed by atoms with Gasteiger partial charge in [0, 0.05) is 23.4 Å². The zero-order chi connectivity index (χ0) is 21.5. The van der Waals surface area contributed by atoms with Crippen LogP contribution in [0.4, 0.5) is 10.1 Å². The molecule has 6 heteroatoms. The van der Waals surface area contributed by atoms with E-state index in [0.717, 1.165) is 41.8 Å². The number of aliphatic imine (C=N–C) groups is 1. The molecule has 2 aromatic rings. The fourth-order valence-corrected chi connectivity index (χ4v) is 5.82. The van der Waals surface area contributed by atoms with Gasteiger partial charge in [0.15, 0.2) is 0 Å². The zero-order valence-corrected chi connectivity index (χ0v) is 18.7. The predicted molar refractivity (Wildman–Crippen MR) is 116 cm³/mol. The summed E-state index contributed by atoms with van der Waals surface area (Å²) in [6.45, 7) is 6.56. The van der Waals surface area contributed by atoms with E-state index in [1.54, 1.807) is 12.1 Å². The SMILES string of the molecule is CC(C)(C)C1=Nc2cc(S(=O)(=O)c3ccnc(F)c3)ccc2CCC1CC1CCC1. The molecule has 0 bridgehead atoms. The molecule has 2 heterocycles. The van der Waals surface area contributed by atoms with Crippen LogP contribution in [-0.4, -0.2) is 19.1 Å². The third-order valence-electron chi connectivity index (χ3n) is 6.38. The molecule has 160 valence electrons. The molecule has 1 atom stereocenters. The van der Waals surface area contributed by atoms with Crippen molar-refractivity contribution < 1.29 is 12.8 Å². The minimum absolute atomic E-state index is 0.0842. The van der Waals surface area contributed by atoms with E-state index in [1.165, 1.54) is 37.9 Å². The van der Waals surface area contributed by atoms with Crippen LogP contribution in [0.1, 0.15) is 58.4 Å². The van der Waals surface area contributed by atoms with E-state index in [1.807, 2.05) is 6.07 Å². The molecule has 0 saturated heterocycles. The molecule has 0 amide bonds. The zero-order valence-electron chi connectivity index (χ0n) is 17.9. The van der Waals surface area contributed by atoms with E-state index < -0.39 is 15.8 Å². The molecule has 30 heavy (non-hydrogen) atoms. The van der Waals surface area contributed by atoms with Crippen LogP contribution in [-0.2, 0) is 16.3 Å². The lowest BCUT2D eigenvalue weighted by Crippen LogP contribution is -2.31. The molecular weight excluding hydrogens is 399 g/mol. The Hall–Kier alpha value is -2.08. The van der Waals surface area contributed by atoms with Gasteiger partial charge < -0.3 is 0 Å². The highest BCUT2D eigenvalue weighted by Crippen LogP contribution is 2.41. The van der Waals surface area contributed by atoms with Crippen LogP contribution in [0.5, 0.6) is 0 Å². The van der Waals surface area contributed by atoms with Gasteiger partial charge in [0.2, 0.25) is 15.8 Å². The van der Waals surface area contributed by atoms with Gasteiger partial charge in [0.05, 0.1) is 15.5 Å². The number of hydrogen-bond donors (Lipinski definition) is 0. The third kappa shape index (κ3) is 4.20. The molecule has 1 aliphatic carbocycles. The summed E-state index contributed by atoms with van der Waals surface area (Å²) in [6, 6.07) is 7.42. The lowest BCUT2D eigenvalue weighted by atomic mass is 9.72. The van der Waals surface area contributed by atoms with Crippen LogP contribution in [0.15, 0.2) is 51.3 Å². The van der Waals surface area contributed by atoms with E-state index >= 15 is 0 Å². The maximum atomic E-state index is 13.5. The number of fused-ring (bicyclic) bond motifs is 1. The van der Waals surface area contributed by atoms with Gasteiger partial charge in [-0.15, -0.1) is 0 Å². The van der Waals surface area contributed by atoms with E-state index in [4.69, 9.17) is 4.99 Å². The fourth-order valence-electron chi connectivity index (χ4n) is 4.54. The van der Waals surface area contributed by atoms with Gasteiger partial charge in [-0.2, -0.15) is 4.39 Å². The number of sulfone groups is 1. The number of aromatic nitrogens is 1. The standard InChI is InChI=1S/C24H29FN2O2S/c1-24(2,3)23-18(13-16-5-4-6-16)8-7-17-9-10-19(14-21(17)27-23)30(28,29)20-11-12-26-22(25)15-20/h9-12,14-16,18H,4-8,13H2,1-3H3. The molecule has 1 fully saturated rings. The first-order chi connectivity index (χ1) is 14.1. The molecule has 4 rings (SSSR count). The summed E-state index contributed by atoms with van der Waals surface area (Å²) in [4.78, 5) is 8.56. The normalized spacial score (nSPS) is 20.1. The van der Waals surface area contributed by atoms with Crippen LogP contribution >= 0.6 is 0 Å². The Kier molecular flexibility index (Phi) is 5.56. The summed E-state index contributed by atoms with van der Waals surface area (Å²) in [6.07, 6.45) is 8.23. The minimum atomic E-state index is -3.84. The van der Waals surface area contributed by atoms with Gasteiger partial charge in [-0.25, -0.2) is 13.4 Å². The average Bonchev–Trinajstić information content (AvgIpc) is 2.83. The largest absolute Gasteiger partial charge is 0.257 e. The number of nitrogens with zero attached hydrogens (tertiary/aromatic N) is 2. The monoisotopic (exact) mass is 428 g/mol.